The first-order valence-corrected chi connectivity index (χ1v) is 7.38. The van der Waals surface area contributed by atoms with Gasteiger partial charge in [-0.05, 0) is 64.4 Å². The third-order valence-corrected chi connectivity index (χ3v) is 3.64. The van der Waals surface area contributed by atoms with Gasteiger partial charge in [-0.2, -0.15) is 0 Å². The second kappa shape index (κ2) is 6.70. The molecule has 19 heavy (non-hydrogen) atoms. The van der Waals surface area contributed by atoms with Gasteiger partial charge in [-0.15, -0.1) is 0 Å². The van der Waals surface area contributed by atoms with Gasteiger partial charge < -0.3 is 5.32 Å². The molecule has 0 saturated heterocycles. The first-order chi connectivity index (χ1) is 9.17. The number of anilines is 1. The van der Waals surface area contributed by atoms with Crippen LogP contribution in [0.3, 0.4) is 0 Å². The van der Waals surface area contributed by atoms with Crippen molar-refractivity contribution >= 4 is 34.2 Å². The zero-order chi connectivity index (χ0) is 13.7. The third kappa shape index (κ3) is 4.35. The number of halogens is 1. The number of amides is 1. The number of nitrogens with one attached hydrogen (secondary N) is 1. The first-order valence-electron chi connectivity index (χ1n) is 6.30. The maximum absolute atomic E-state index is 11.9. The van der Waals surface area contributed by atoms with Gasteiger partial charge in [-0.1, -0.05) is 31.2 Å². The van der Waals surface area contributed by atoms with Gasteiger partial charge in [0.05, 0.1) is 6.42 Å². The molecule has 2 nitrogen and oxygen atoms in total. The lowest BCUT2D eigenvalue weighted by atomic mass is 10.1. The van der Waals surface area contributed by atoms with Crippen LogP contribution in [-0.2, 0) is 17.6 Å². The number of carbonyl (C=O) groups excluding carboxylic acids is 1. The fraction of sp³-hybridized carbons (Fsp3) is 0.188. The molecule has 98 valence electrons. The van der Waals surface area contributed by atoms with Gasteiger partial charge in [-0.3, -0.25) is 4.79 Å². The van der Waals surface area contributed by atoms with Crippen LogP contribution in [0.25, 0.3) is 0 Å². The van der Waals surface area contributed by atoms with E-state index in [4.69, 9.17) is 0 Å². The molecule has 0 aliphatic heterocycles. The van der Waals surface area contributed by atoms with E-state index >= 15 is 0 Å². The van der Waals surface area contributed by atoms with Crippen molar-refractivity contribution in [2.75, 3.05) is 5.32 Å². The molecule has 0 spiro atoms. The van der Waals surface area contributed by atoms with Crippen molar-refractivity contribution in [3.05, 3.63) is 63.2 Å². The standard InChI is InChI=1S/C16H16INO/c1-2-12-3-5-13(6-4-12)11-16(19)18-15-9-7-14(17)8-10-15/h3-10H,2,11H2,1H3,(H,18,19). The molecule has 1 amide bonds. The molecule has 1 N–H and O–H groups in total. The molecule has 2 rings (SSSR count). The van der Waals surface area contributed by atoms with Crippen LogP contribution >= 0.6 is 22.6 Å². The molecule has 0 fully saturated rings. The first kappa shape index (κ1) is 14.1. The molecule has 0 aromatic heterocycles. The van der Waals surface area contributed by atoms with Gasteiger partial charge in [0.15, 0.2) is 0 Å². The van der Waals surface area contributed by atoms with Crippen molar-refractivity contribution in [3.63, 3.8) is 0 Å². The Bertz CT molecular complexity index is 546. The lowest BCUT2D eigenvalue weighted by molar-refractivity contribution is -0.115. The highest BCUT2D eigenvalue weighted by Crippen LogP contribution is 2.12. The van der Waals surface area contributed by atoms with Crippen LogP contribution in [0, 0.1) is 3.57 Å². The van der Waals surface area contributed by atoms with E-state index in [0.29, 0.717) is 6.42 Å². The van der Waals surface area contributed by atoms with Crippen LogP contribution < -0.4 is 5.32 Å². The Morgan fingerprint density at radius 3 is 2.16 bits per heavy atom. The van der Waals surface area contributed by atoms with Crippen LogP contribution in [0.5, 0.6) is 0 Å². The lowest BCUT2D eigenvalue weighted by Crippen LogP contribution is -2.14. The predicted octanol–water partition coefficient (Wildman–Crippen LogP) is 4.03. The fourth-order valence-electron chi connectivity index (χ4n) is 1.82. The maximum Gasteiger partial charge on any atom is 0.228 e. The summed E-state index contributed by atoms with van der Waals surface area (Å²) in [6, 6.07) is 16.0. The summed E-state index contributed by atoms with van der Waals surface area (Å²) in [7, 11) is 0. The number of hydrogen-bond acceptors (Lipinski definition) is 1. The van der Waals surface area contributed by atoms with E-state index in [1.807, 2.05) is 36.4 Å². The normalized spacial score (nSPS) is 10.2. The molecule has 2 aromatic rings. The molecule has 0 bridgehead atoms. The van der Waals surface area contributed by atoms with Crippen molar-refractivity contribution in [2.45, 2.75) is 19.8 Å². The van der Waals surface area contributed by atoms with Crippen LogP contribution in [0.15, 0.2) is 48.5 Å². The highest BCUT2D eigenvalue weighted by molar-refractivity contribution is 14.1. The lowest BCUT2D eigenvalue weighted by Gasteiger charge is -2.06. The van der Waals surface area contributed by atoms with E-state index in [1.54, 1.807) is 0 Å². The van der Waals surface area contributed by atoms with Gasteiger partial charge in [0, 0.05) is 9.26 Å². The molecule has 0 unspecified atom stereocenters. The van der Waals surface area contributed by atoms with E-state index in [1.165, 1.54) is 5.56 Å². The summed E-state index contributed by atoms with van der Waals surface area (Å²) in [5, 5.41) is 2.90. The smallest absolute Gasteiger partial charge is 0.228 e. The van der Waals surface area contributed by atoms with Gasteiger partial charge in [-0.25, -0.2) is 0 Å². The molecular weight excluding hydrogens is 349 g/mol. The Morgan fingerprint density at radius 1 is 1.00 bits per heavy atom. The average molecular weight is 365 g/mol. The molecule has 0 heterocycles. The topological polar surface area (TPSA) is 29.1 Å². The summed E-state index contributed by atoms with van der Waals surface area (Å²) in [6.45, 7) is 2.12. The van der Waals surface area contributed by atoms with Crippen molar-refractivity contribution in [3.8, 4) is 0 Å². The zero-order valence-electron chi connectivity index (χ0n) is 10.8. The Labute approximate surface area is 127 Å². The van der Waals surface area contributed by atoms with E-state index < -0.39 is 0 Å². The Morgan fingerprint density at radius 2 is 1.58 bits per heavy atom. The van der Waals surface area contributed by atoms with Crippen LogP contribution in [0.2, 0.25) is 0 Å². The predicted molar refractivity (Wildman–Crippen MR) is 87.3 cm³/mol. The highest BCUT2D eigenvalue weighted by Gasteiger charge is 2.04. The minimum absolute atomic E-state index is 0.0189. The molecule has 2 aromatic carbocycles. The average Bonchev–Trinajstić information content (AvgIpc) is 2.42. The summed E-state index contributed by atoms with van der Waals surface area (Å²) >= 11 is 2.24. The molecule has 0 aliphatic rings. The molecular formula is C16H16INO. The minimum atomic E-state index is 0.0189. The number of hydrogen-bond donors (Lipinski definition) is 1. The minimum Gasteiger partial charge on any atom is -0.326 e. The summed E-state index contributed by atoms with van der Waals surface area (Å²) in [5.74, 6) is 0.0189. The summed E-state index contributed by atoms with van der Waals surface area (Å²) < 4.78 is 1.16. The van der Waals surface area contributed by atoms with Crippen molar-refractivity contribution in [1.29, 1.82) is 0 Å². The van der Waals surface area contributed by atoms with Gasteiger partial charge in [0.25, 0.3) is 0 Å². The Hall–Kier alpha value is -1.36. The van der Waals surface area contributed by atoms with Crippen LogP contribution in [0.1, 0.15) is 18.1 Å². The number of rotatable bonds is 4. The zero-order valence-corrected chi connectivity index (χ0v) is 13.0. The fourth-order valence-corrected chi connectivity index (χ4v) is 2.18. The van der Waals surface area contributed by atoms with Crippen molar-refractivity contribution in [2.24, 2.45) is 0 Å². The molecule has 3 heteroatoms. The largest absolute Gasteiger partial charge is 0.326 e. The van der Waals surface area contributed by atoms with E-state index in [0.717, 1.165) is 21.2 Å². The second-order valence-corrected chi connectivity index (χ2v) is 5.65. The number of aryl methyl sites for hydroxylation is 1. The maximum atomic E-state index is 11.9. The number of benzene rings is 2. The molecule has 0 saturated carbocycles. The Balaban J connectivity index is 1.95. The summed E-state index contributed by atoms with van der Waals surface area (Å²) in [6.07, 6.45) is 1.44. The SMILES string of the molecule is CCc1ccc(CC(=O)Nc2ccc(I)cc2)cc1. The van der Waals surface area contributed by atoms with E-state index in [-0.39, 0.29) is 5.91 Å². The van der Waals surface area contributed by atoms with Gasteiger partial charge >= 0.3 is 0 Å². The van der Waals surface area contributed by atoms with Crippen molar-refractivity contribution in [1.82, 2.24) is 0 Å². The molecule has 0 radical (unpaired) electrons. The van der Waals surface area contributed by atoms with Crippen molar-refractivity contribution < 1.29 is 4.79 Å². The van der Waals surface area contributed by atoms with Crippen LogP contribution in [0.4, 0.5) is 5.69 Å². The number of carbonyl (C=O) groups is 1. The second-order valence-electron chi connectivity index (χ2n) is 4.40. The monoisotopic (exact) mass is 365 g/mol. The highest BCUT2D eigenvalue weighted by atomic mass is 127. The third-order valence-electron chi connectivity index (χ3n) is 2.92. The van der Waals surface area contributed by atoms with Gasteiger partial charge in [0.2, 0.25) is 5.91 Å². The Kier molecular flexibility index (Phi) is 4.96. The summed E-state index contributed by atoms with van der Waals surface area (Å²) in [5.41, 5.74) is 3.18. The van der Waals surface area contributed by atoms with E-state index in [2.05, 4.69) is 47.0 Å². The van der Waals surface area contributed by atoms with Crippen LogP contribution in [-0.4, -0.2) is 5.91 Å². The van der Waals surface area contributed by atoms with Gasteiger partial charge in [0.1, 0.15) is 0 Å². The summed E-state index contributed by atoms with van der Waals surface area (Å²) in [4.78, 5) is 11.9. The molecule has 0 aliphatic carbocycles. The quantitative estimate of drug-likeness (QED) is 0.815. The molecule has 0 atom stereocenters. The van der Waals surface area contributed by atoms with E-state index in [9.17, 15) is 4.79 Å².